The van der Waals surface area contributed by atoms with E-state index >= 15 is 0 Å². The summed E-state index contributed by atoms with van der Waals surface area (Å²) in [5, 5.41) is 1.44. The fourth-order valence-electron chi connectivity index (χ4n) is 3.36. The van der Waals surface area contributed by atoms with E-state index in [9.17, 15) is 0 Å². The van der Waals surface area contributed by atoms with Crippen LogP contribution >= 0.6 is 0 Å². The highest BCUT2D eigenvalue weighted by Crippen LogP contribution is 2.33. The van der Waals surface area contributed by atoms with Crippen LogP contribution in [-0.2, 0) is 19.4 Å². The van der Waals surface area contributed by atoms with E-state index in [0.29, 0.717) is 6.04 Å². The Bertz CT molecular complexity index is 607. The van der Waals surface area contributed by atoms with E-state index in [1.54, 1.807) is 5.56 Å². The molecule has 100 valence electrons. The van der Waals surface area contributed by atoms with Crippen molar-refractivity contribution in [3.05, 3.63) is 48.2 Å². The quantitative estimate of drug-likeness (QED) is 0.763. The van der Waals surface area contributed by atoms with Gasteiger partial charge in [-0.05, 0) is 45.0 Å². The SMILES string of the molecule is C=CCn1c2c(c3ccccc31)CC(N(C)C)CC2. The summed E-state index contributed by atoms with van der Waals surface area (Å²) in [5.41, 5.74) is 4.45. The average Bonchev–Trinajstić information content (AvgIpc) is 2.74. The Labute approximate surface area is 115 Å². The van der Waals surface area contributed by atoms with Gasteiger partial charge in [0.1, 0.15) is 0 Å². The normalized spacial score (nSPS) is 18.8. The van der Waals surface area contributed by atoms with Gasteiger partial charge in [0.25, 0.3) is 0 Å². The van der Waals surface area contributed by atoms with E-state index in [4.69, 9.17) is 0 Å². The summed E-state index contributed by atoms with van der Waals surface area (Å²) in [6.45, 7) is 4.82. The van der Waals surface area contributed by atoms with Gasteiger partial charge in [-0.25, -0.2) is 0 Å². The van der Waals surface area contributed by atoms with Crippen molar-refractivity contribution < 1.29 is 0 Å². The second-order valence-corrected chi connectivity index (χ2v) is 5.70. The summed E-state index contributed by atoms with van der Waals surface area (Å²) in [6.07, 6.45) is 5.62. The number of hydrogen-bond acceptors (Lipinski definition) is 1. The molecule has 1 heterocycles. The van der Waals surface area contributed by atoms with Crippen molar-refractivity contribution in [3.8, 4) is 0 Å². The number of allylic oxidation sites excluding steroid dienone is 1. The van der Waals surface area contributed by atoms with Crippen LogP contribution in [0.25, 0.3) is 10.9 Å². The minimum atomic E-state index is 0.676. The monoisotopic (exact) mass is 254 g/mol. The molecule has 1 atom stereocenters. The molecule has 0 bridgehead atoms. The van der Waals surface area contributed by atoms with E-state index < -0.39 is 0 Å². The molecule has 2 aromatic rings. The van der Waals surface area contributed by atoms with Gasteiger partial charge in [-0.15, -0.1) is 6.58 Å². The van der Waals surface area contributed by atoms with Crippen LogP contribution in [0.3, 0.4) is 0 Å². The van der Waals surface area contributed by atoms with Gasteiger partial charge in [-0.1, -0.05) is 24.3 Å². The first kappa shape index (κ1) is 12.5. The van der Waals surface area contributed by atoms with Gasteiger partial charge >= 0.3 is 0 Å². The third kappa shape index (κ3) is 2.00. The average molecular weight is 254 g/mol. The van der Waals surface area contributed by atoms with Crippen molar-refractivity contribution in [2.45, 2.75) is 31.8 Å². The Morgan fingerprint density at radius 2 is 2.16 bits per heavy atom. The van der Waals surface area contributed by atoms with Gasteiger partial charge < -0.3 is 9.47 Å². The fraction of sp³-hybridized carbons (Fsp3) is 0.412. The summed E-state index contributed by atoms with van der Waals surface area (Å²) in [5.74, 6) is 0. The van der Waals surface area contributed by atoms with Crippen LogP contribution in [0.2, 0.25) is 0 Å². The van der Waals surface area contributed by atoms with Crippen molar-refractivity contribution in [2.75, 3.05) is 14.1 Å². The van der Waals surface area contributed by atoms with Crippen molar-refractivity contribution in [1.29, 1.82) is 0 Å². The molecule has 2 heteroatoms. The van der Waals surface area contributed by atoms with Crippen molar-refractivity contribution in [1.82, 2.24) is 9.47 Å². The first-order valence-corrected chi connectivity index (χ1v) is 7.08. The smallest absolute Gasteiger partial charge is 0.0488 e. The van der Waals surface area contributed by atoms with E-state index in [-0.39, 0.29) is 0 Å². The maximum Gasteiger partial charge on any atom is 0.0488 e. The molecule has 3 rings (SSSR count). The maximum absolute atomic E-state index is 3.91. The fourth-order valence-corrected chi connectivity index (χ4v) is 3.36. The standard InChI is InChI=1S/C17H22N2/c1-4-11-19-16-8-6-5-7-14(16)15-12-13(18(2)3)9-10-17(15)19/h4-8,13H,1,9-12H2,2-3H3. The molecular formula is C17H22N2. The third-order valence-corrected chi connectivity index (χ3v) is 4.39. The van der Waals surface area contributed by atoms with Crippen LogP contribution < -0.4 is 0 Å². The Morgan fingerprint density at radius 1 is 1.37 bits per heavy atom. The molecule has 0 aliphatic heterocycles. The first-order valence-electron chi connectivity index (χ1n) is 7.08. The van der Waals surface area contributed by atoms with Crippen LogP contribution in [0.1, 0.15) is 17.7 Å². The third-order valence-electron chi connectivity index (χ3n) is 4.39. The maximum atomic E-state index is 3.91. The number of nitrogens with zero attached hydrogens (tertiary/aromatic N) is 2. The molecule has 2 nitrogen and oxygen atoms in total. The lowest BCUT2D eigenvalue weighted by Gasteiger charge is -2.29. The molecule has 19 heavy (non-hydrogen) atoms. The number of rotatable bonds is 3. The van der Waals surface area contributed by atoms with Gasteiger partial charge in [0.15, 0.2) is 0 Å². The highest BCUT2D eigenvalue weighted by atomic mass is 15.1. The predicted octanol–water partition coefficient (Wildman–Crippen LogP) is 3.25. The van der Waals surface area contributed by atoms with E-state index in [2.05, 4.69) is 54.4 Å². The lowest BCUT2D eigenvalue weighted by molar-refractivity contribution is 0.267. The zero-order valence-corrected chi connectivity index (χ0v) is 11.9. The van der Waals surface area contributed by atoms with E-state index in [1.165, 1.54) is 35.9 Å². The van der Waals surface area contributed by atoms with Gasteiger partial charge in [-0.2, -0.15) is 0 Å². The lowest BCUT2D eigenvalue weighted by atomic mass is 9.91. The summed E-state index contributed by atoms with van der Waals surface area (Å²) in [7, 11) is 4.39. The Balaban J connectivity index is 2.15. The molecule has 0 amide bonds. The zero-order chi connectivity index (χ0) is 13.4. The van der Waals surface area contributed by atoms with Crippen LogP contribution in [0.4, 0.5) is 0 Å². The second-order valence-electron chi connectivity index (χ2n) is 5.70. The Kier molecular flexibility index (Phi) is 3.19. The second kappa shape index (κ2) is 4.86. The van der Waals surface area contributed by atoms with Crippen molar-refractivity contribution in [3.63, 3.8) is 0 Å². The van der Waals surface area contributed by atoms with Gasteiger partial charge in [0.2, 0.25) is 0 Å². The molecule has 1 aliphatic carbocycles. The Morgan fingerprint density at radius 3 is 2.89 bits per heavy atom. The first-order chi connectivity index (χ1) is 9.22. The molecule has 0 fully saturated rings. The predicted molar refractivity (Wildman–Crippen MR) is 81.6 cm³/mol. The minimum Gasteiger partial charge on any atom is -0.341 e. The summed E-state index contributed by atoms with van der Waals surface area (Å²) in [4.78, 5) is 2.36. The molecule has 1 aromatic heterocycles. The molecule has 0 radical (unpaired) electrons. The molecule has 1 aromatic carbocycles. The molecule has 0 N–H and O–H groups in total. The van der Waals surface area contributed by atoms with Crippen LogP contribution in [0, 0.1) is 0 Å². The molecule has 0 saturated carbocycles. The molecule has 1 aliphatic rings. The molecule has 0 spiro atoms. The summed E-state index contributed by atoms with van der Waals surface area (Å²) in [6, 6.07) is 9.47. The highest BCUT2D eigenvalue weighted by molar-refractivity contribution is 5.86. The minimum absolute atomic E-state index is 0.676. The number of hydrogen-bond donors (Lipinski definition) is 0. The molecule has 1 unspecified atom stereocenters. The van der Waals surface area contributed by atoms with Crippen molar-refractivity contribution >= 4 is 10.9 Å². The van der Waals surface area contributed by atoms with Crippen LogP contribution in [-0.4, -0.2) is 29.6 Å². The topological polar surface area (TPSA) is 8.17 Å². The van der Waals surface area contributed by atoms with Crippen molar-refractivity contribution in [2.24, 2.45) is 0 Å². The number of aromatic nitrogens is 1. The number of likely N-dealkylation sites (N-methyl/N-ethyl adjacent to an activating group) is 1. The molecular weight excluding hydrogens is 232 g/mol. The van der Waals surface area contributed by atoms with E-state index in [0.717, 1.165) is 6.54 Å². The summed E-state index contributed by atoms with van der Waals surface area (Å²) >= 11 is 0. The highest BCUT2D eigenvalue weighted by Gasteiger charge is 2.25. The van der Waals surface area contributed by atoms with Gasteiger partial charge in [0.05, 0.1) is 0 Å². The van der Waals surface area contributed by atoms with Gasteiger partial charge in [0, 0.05) is 29.2 Å². The number of benzene rings is 1. The number of para-hydroxylation sites is 1. The zero-order valence-electron chi connectivity index (χ0n) is 11.9. The van der Waals surface area contributed by atoms with Gasteiger partial charge in [-0.3, -0.25) is 0 Å². The van der Waals surface area contributed by atoms with Crippen LogP contribution in [0.15, 0.2) is 36.9 Å². The summed E-state index contributed by atoms with van der Waals surface area (Å²) < 4.78 is 2.45. The largest absolute Gasteiger partial charge is 0.341 e. The lowest BCUT2D eigenvalue weighted by Crippen LogP contribution is -2.33. The van der Waals surface area contributed by atoms with E-state index in [1.807, 2.05) is 6.08 Å². The molecule has 0 saturated heterocycles. The Hall–Kier alpha value is -1.54. The van der Waals surface area contributed by atoms with Crippen LogP contribution in [0.5, 0.6) is 0 Å². The number of fused-ring (bicyclic) bond motifs is 3.